The number of nitrogens with two attached hydrogens (primary N) is 1. The number of hydrogen-bond acceptors (Lipinski definition) is 6. The van der Waals surface area contributed by atoms with Gasteiger partial charge < -0.3 is 21.1 Å². The van der Waals surface area contributed by atoms with Gasteiger partial charge in [-0.3, -0.25) is 0 Å². The molecule has 4 aromatic rings. The number of ether oxygens (including phenoxy) is 1. The molecule has 0 aliphatic carbocycles. The predicted molar refractivity (Wildman–Crippen MR) is 123 cm³/mol. The van der Waals surface area contributed by atoms with Crippen LogP contribution in [0.15, 0.2) is 55.0 Å². The van der Waals surface area contributed by atoms with Crippen LogP contribution in [0.25, 0.3) is 16.6 Å². The van der Waals surface area contributed by atoms with Gasteiger partial charge in [-0.05, 0) is 49.2 Å². The van der Waals surface area contributed by atoms with Crippen LogP contribution in [0, 0.1) is 12.7 Å². The molecule has 0 atom stereocenters. The fraction of sp³-hybridized carbons (Fsp3) is 0.130. The van der Waals surface area contributed by atoms with Crippen molar-refractivity contribution in [3.63, 3.8) is 0 Å². The third-order valence-corrected chi connectivity index (χ3v) is 4.90. The summed E-state index contributed by atoms with van der Waals surface area (Å²) in [5.41, 5.74) is 9.34. The van der Waals surface area contributed by atoms with Gasteiger partial charge in [0.2, 0.25) is 0 Å². The number of aryl methyl sites for hydroxylation is 1. The molecular formula is C23H21FN6O3. The number of amides is 2. The van der Waals surface area contributed by atoms with Gasteiger partial charge in [0, 0.05) is 17.4 Å². The average molecular weight is 448 g/mol. The van der Waals surface area contributed by atoms with E-state index in [1.54, 1.807) is 50.2 Å². The smallest absolute Gasteiger partial charge is 0.340 e. The summed E-state index contributed by atoms with van der Waals surface area (Å²) in [6.45, 7) is 3.73. The first-order valence-corrected chi connectivity index (χ1v) is 10.1. The van der Waals surface area contributed by atoms with Gasteiger partial charge in [0.25, 0.3) is 0 Å². The number of benzene rings is 2. The second-order valence-electron chi connectivity index (χ2n) is 7.22. The second-order valence-corrected chi connectivity index (χ2v) is 7.22. The monoisotopic (exact) mass is 448 g/mol. The van der Waals surface area contributed by atoms with Crippen LogP contribution in [0.2, 0.25) is 0 Å². The first-order valence-electron chi connectivity index (χ1n) is 10.1. The van der Waals surface area contributed by atoms with E-state index < -0.39 is 17.8 Å². The highest BCUT2D eigenvalue weighted by molar-refractivity contribution is 6.05. The van der Waals surface area contributed by atoms with Crippen LogP contribution < -0.4 is 16.4 Å². The molecular weight excluding hydrogens is 427 g/mol. The van der Waals surface area contributed by atoms with E-state index in [9.17, 15) is 14.0 Å². The number of nitrogen functional groups attached to an aromatic ring is 1. The Hall–Kier alpha value is -4.47. The fourth-order valence-electron chi connectivity index (χ4n) is 3.43. The molecule has 0 bridgehead atoms. The maximum atomic E-state index is 13.9. The molecule has 168 valence electrons. The lowest BCUT2D eigenvalue weighted by Crippen LogP contribution is -2.20. The minimum absolute atomic E-state index is 0.0824. The molecule has 2 aromatic heterocycles. The third-order valence-electron chi connectivity index (χ3n) is 4.90. The first kappa shape index (κ1) is 21.8. The molecule has 0 aliphatic heterocycles. The van der Waals surface area contributed by atoms with E-state index in [0.29, 0.717) is 22.3 Å². The number of rotatable bonds is 5. The summed E-state index contributed by atoms with van der Waals surface area (Å²) in [6.07, 6.45) is 2.83. The van der Waals surface area contributed by atoms with Gasteiger partial charge in [0.1, 0.15) is 17.7 Å². The van der Waals surface area contributed by atoms with Gasteiger partial charge in [0.15, 0.2) is 5.82 Å². The zero-order chi connectivity index (χ0) is 23.5. The van der Waals surface area contributed by atoms with Crippen molar-refractivity contribution >= 4 is 34.7 Å². The minimum Gasteiger partial charge on any atom is -0.462 e. The number of carbonyl (C=O) groups excluding carboxylic acids is 2. The average Bonchev–Trinajstić information content (AvgIpc) is 3.18. The van der Waals surface area contributed by atoms with E-state index in [2.05, 4.69) is 20.7 Å². The molecule has 0 saturated heterocycles. The lowest BCUT2D eigenvalue weighted by atomic mass is 10.0. The predicted octanol–water partition coefficient (Wildman–Crippen LogP) is 4.25. The lowest BCUT2D eigenvalue weighted by molar-refractivity contribution is 0.0527. The summed E-state index contributed by atoms with van der Waals surface area (Å²) in [5.74, 6) is -0.838. The molecule has 0 radical (unpaired) electrons. The number of fused-ring (bicyclic) bond motifs is 1. The van der Waals surface area contributed by atoms with E-state index in [-0.39, 0.29) is 23.7 Å². The molecule has 4 rings (SSSR count). The standard InChI is InChI=1S/C23H21FN6O3/c1-3-33-22(31)16-11-30-20(21(25)26-12-27-30)19(16)14-5-7-15(8-6-14)28-23(32)29-18-10-13(2)4-9-17(18)24/h4-12H,3H2,1-2H3,(H2,25,26,27)(H2,28,29,32). The Morgan fingerprint density at radius 3 is 2.64 bits per heavy atom. The highest BCUT2D eigenvalue weighted by Gasteiger charge is 2.22. The Morgan fingerprint density at radius 2 is 1.91 bits per heavy atom. The van der Waals surface area contributed by atoms with Crippen molar-refractivity contribution in [2.24, 2.45) is 0 Å². The summed E-state index contributed by atoms with van der Waals surface area (Å²) in [7, 11) is 0. The maximum absolute atomic E-state index is 13.9. The summed E-state index contributed by atoms with van der Waals surface area (Å²) < 4.78 is 20.5. The number of carbonyl (C=O) groups is 2. The molecule has 0 spiro atoms. The van der Waals surface area contributed by atoms with Crippen molar-refractivity contribution in [1.82, 2.24) is 14.6 Å². The molecule has 0 fully saturated rings. The van der Waals surface area contributed by atoms with Gasteiger partial charge in [-0.15, -0.1) is 0 Å². The van der Waals surface area contributed by atoms with Crippen LogP contribution in [0.1, 0.15) is 22.8 Å². The molecule has 2 heterocycles. The largest absolute Gasteiger partial charge is 0.462 e. The normalized spacial score (nSPS) is 10.8. The summed E-state index contributed by atoms with van der Waals surface area (Å²) >= 11 is 0. The van der Waals surface area contributed by atoms with Crippen LogP contribution in [-0.2, 0) is 4.74 Å². The van der Waals surface area contributed by atoms with Crippen molar-refractivity contribution < 1.29 is 18.7 Å². The number of esters is 1. The van der Waals surface area contributed by atoms with Crippen LogP contribution in [0.5, 0.6) is 0 Å². The molecule has 10 heteroatoms. The van der Waals surface area contributed by atoms with Gasteiger partial charge in [-0.2, -0.15) is 5.10 Å². The minimum atomic E-state index is -0.591. The second kappa shape index (κ2) is 8.95. The number of hydrogen-bond donors (Lipinski definition) is 3. The summed E-state index contributed by atoms with van der Waals surface area (Å²) in [5, 5.41) is 9.26. The van der Waals surface area contributed by atoms with E-state index >= 15 is 0 Å². The van der Waals surface area contributed by atoms with Crippen molar-refractivity contribution in [2.75, 3.05) is 23.0 Å². The van der Waals surface area contributed by atoms with Crippen LogP contribution >= 0.6 is 0 Å². The van der Waals surface area contributed by atoms with Crippen molar-refractivity contribution in [1.29, 1.82) is 0 Å². The molecule has 2 amide bonds. The molecule has 9 nitrogen and oxygen atoms in total. The molecule has 33 heavy (non-hydrogen) atoms. The SMILES string of the molecule is CCOC(=O)c1cn2ncnc(N)c2c1-c1ccc(NC(=O)Nc2cc(C)ccc2F)cc1. The number of nitrogens with one attached hydrogen (secondary N) is 2. The Balaban J connectivity index is 1.62. The number of urea groups is 1. The van der Waals surface area contributed by atoms with Crippen LogP contribution in [0.4, 0.5) is 26.4 Å². The zero-order valence-electron chi connectivity index (χ0n) is 17.9. The lowest BCUT2D eigenvalue weighted by Gasteiger charge is -2.10. The van der Waals surface area contributed by atoms with E-state index in [0.717, 1.165) is 5.56 Å². The van der Waals surface area contributed by atoms with Gasteiger partial charge >= 0.3 is 12.0 Å². The highest BCUT2D eigenvalue weighted by Crippen LogP contribution is 2.33. The Morgan fingerprint density at radius 1 is 1.15 bits per heavy atom. The Kier molecular flexibility index (Phi) is 5.90. The molecule has 0 unspecified atom stereocenters. The molecule has 0 aliphatic rings. The fourth-order valence-corrected chi connectivity index (χ4v) is 3.43. The van der Waals surface area contributed by atoms with Crippen LogP contribution in [-0.4, -0.2) is 33.2 Å². The van der Waals surface area contributed by atoms with Gasteiger partial charge in [-0.25, -0.2) is 23.5 Å². The molecule has 2 aromatic carbocycles. The summed E-state index contributed by atoms with van der Waals surface area (Å²) in [4.78, 5) is 28.9. The number of anilines is 3. The van der Waals surface area contributed by atoms with E-state index in [4.69, 9.17) is 10.5 Å². The van der Waals surface area contributed by atoms with Crippen molar-refractivity contribution in [3.05, 3.63) is 71.9 Å². The number of halogens is 1. The van der Waals surface area contributed by atoms with E-state index in [1.165, 1.54) is 23.1 Å². The van der Waals surface area contributed by atoms with Gasteiger partial charge in [0.05, 0.1) is 17.9 Å². The summed E-state index contributed by atoms with van der Waals surface area (Å²) in [6, 6.07) is 10.6. The first-order chi connectivity index (χ1) is 15.9. The molecule has 0 saturated carbocycles. The third kappa shape index (κ3) is 4.45. The van der Waals surface area contributed by atoms with Crippen molar-refractivity contribution in [3.8, 4) is 11.1 Å². The Bertz CT molecular complexity index is 1350. The highest BCUT2D eigenvalue weighted by atomic mass is 19.1. The van der Waals surface area contributed by atoms with E-state index in [1.807, 2.05) is 0 Å². The number of aromatic nitrogens is 3. The quantitative estimate of drug-likeness (QED) is 0.392. The maximum Gasteiger partial charge on any atom is 0.340 e. The topological polar surface area (TPSA) is 124 Å². The molecule has 4 N–H and O–H groups in total. The van der Waals surface area contributed by atoms with Crippen LogP contribution in [0.3, 0.4) is 0 Å². The Labute approximate surface area is 188 Å². The van der Waals surface area contributed by atoms with Crippen molar-refractivity contribution in [2.45, 2.75) is 13.8 Å². The number of nitrogens with zero attached hydrogens (tertiary/aromatic N) is 3. The van der Waals surface area contributed by atoms with Gasteiger partial charge in [-0.1, -0.05) is 18.2 Å². The zero-order valence-corrected chi connectivity index (χ0v) is 17.9.